The summed E-state index contributed by atoms with van der Waals surface area (Å²) in [6, 6.07) is 15.4. The van der Waals surface area contributed by atoms with Crippen LogP contribution in [0.25, 0.3) is 11.3 Å². The maximum Gasteiger partial charge on any atom is 0.287 e. The molecule has 2 aromatic heterocycles. The molecule has 3 rings (SSSR count). The second-order valence-corrected chi connectivity index (χ2v) is 5.95. The van der Waals surface area contributed by atoms with Gasteiger partial charge in [0.05, 0.1) is 31.0 Å². The van der Waals surface area contributed by atoms with Gasteiger partial charge in [-0.3, -0.25) is 9.48 Å². The van der Waals surface area contributed by atoms with Gasteiger partial charge in [0.2, 0.25) is 0 Å². The van der Waals surface area contributed by atoms with Crippen LogP contribution < -0.4 is 10.6 Å². The average molecular weight is 363 g/mol. The molecular formula is C20H21N5O2. The Balaban J connectivity index is 1.56. The molecule has 138 valence electrons. The smallest absolute Gasteiger partial charge is 0.287 e. The Kier molecular flexibility index (Phi) is 6.39. The SMILES string of the molecule is N#CCCn1cc(CNCCNC(=O)c2ccco2)c(-c2ccccc2)n1. The molecule has 27 heavy (non-hydrogen) atoms. The first-order chi connectivity index (χ1) is 13.3. The molecule has 0 atom stereocenters. The van der Waals surface area contributed by atoms with Gasteiger partial charge in [-0.05, 0) is 12.1 Å². The minimum atomic E-state index is -0.226. The fourth-order valence-corrected chi connectivity index (χ4v) is 2.69. The highest BCUT2D eigenvalue weighted by Gasteiger charge is 2.11. The lowest BCUT2D eigenvalue weighted by Crippen LogP contribution is -2.31. The molecule has 3 aromatic rings. The fourth-order valence-electron chi connectivity index (χ4n) is 2.69. The van der Waals surface area contributed by atoms with E-state index in [1.165, 1.54) is 6.26 Å². The van der Waals surface area contributed by atoms with Gasteiger partial charge in [0, 0.05) is 37.0 Å². The van der Waals surface area contributed by atoms with Gasteiger partial charge < -0.3 is 15.1 Å². The Labute approximate surface area is 157 Å². The van der Waals surface area contributed by atoms with E-state index in [2.05, 4.69) is 21.8 Å². The summed E-state index contributed by atoms with van der Waals surface area (Å²) in [5, 5.41) is 19.5. The van der Waals surface area contributed by atoms with E-state index in [0.717, 1.165) is 16.8 Å². The lowest BCUT2D eigenvalue weighted by molar-refractivity contribution is 0.0926. The predicted molar refractivity (Wildman–Crippen MR) is 101 cm³/mol. The summed E-state index contributed by atoms with van der Waals surface area (Å²) in [7, 11) is 0. The number of furan rings is 1. The number of aromatic nitrogens is 2. The topological polar surface area (TPSA) is 95.9 Å². The van der Waals surface area contributed by atoms with E-state index in [9.17, 15) is 4.79 Å². The minimum Gasteiger partial charge on any atom is -0.459 e. The van der Waals surface area contributed by atoms with E-state index < -0.39 is 0 Å². The molecule has 0 fully saturated rings. The summed E-state index contributed by atoms with van der Waals surface area (Å²) in [5.41, 5.74) is 2.99. The van der Waals surface area contributed by atoms with Crippen molar-refractivity contribution in [1.29, 1.82) is 5.26 Å². The molecule has 1 amide bonds. The van der Waals surface area contributed by atoms with Crippen molar-refractivity contribution in [3.63, 3.8) is 0 Å². The van der Waals surface area contributed by atoms with Crippen molar-refractivity contribution >= 4 is 5.91 Å². The highest BCUT2D eigenvalue weighted by molar-refractivity contribution is 5.91. The monoisotopic (exact) mass is 363 g/mol. The Hall–Kier alpha value is -3.37. The highest BCUT2D eigenvalue weighted by Crippen LogP contribution is 2.21. The zero-order valence-electron chi connectivity index (χ0n) is 14.9. The van der Waals surface area contributed by atoms with Crippen molar-refractivity contribution in [3.05, 3.63) is 66.2 Å². The van der Waals surface area contributed by atoms with Gasteiger partial charge in [-0.1, -0.05) is 30.3 Å². The lowest BCUT2D eigenvalue weighted by Gasteiger charge is -2.06. The van der Waals surface area contributed by atoms with Crippen LogP contribution in [0.3, 0.4) is 0 Å². The number of carbonyl (C=O) groups is 1. The second-order valence-electron chi connectivity index (χ2n) is 5.95. The van der Waals surface area contributed by atoms with E-state index in [1.807, 2.05) is 36.5 Å². The van der Waals surface area contributed by atoms with Crippen LogP contribution in [0.2, 0.25) is 0 Å². The van der Waals surface area contributed by atoms with E-state index in [-0.39, 0.29) is 5.91 Å². The number of hydrogen-bond acceptors (Lipinski definition) is 5. The molecule has 0 bridgehead atoms. The molecule has 0 saturated carbocycles. The highest BCUT2D eigenvalue weighted by atomic mass is 16.3. The summed E-state index contributed by atoms with van der Waals surface area (Å²) in [6.07, 6.45) is 3.86. The van der Waals surface area contributed by atoms with Crippen LogP contribution in [-0.4, -0.2) is 28.8 Å². The Morgan fingerprint density at radius 2 is 2.04 bits per heavy atom. The van der Waals surface area contributed by atoms with Gasteiger partial charge in [-0.2, -0.15) is 10.4 Å². The van der Waals surface area contributed by atoms with Gasteiger partial charge >= 0.3 is 0 Å². The Morgan fingerprint density at radius 3 is 2.78 bits per heavy atom. The third kappa shape index (κ3) is 5.06. The first-order valence-corrected chi connectivity index (χ1v) is 8.79. The predicted octanol–water partition coefficient (Wildman–Crippen LogP) is 2.58. The molecule has 2 N–H and O–H groups in total. The van der Waals surface area contributed by atoms with Crippen LogP contribution in [0.1, 0.15) is 22.5 Å². The van der Waals surface area contributed by atoms with E-state index in [4.69, 9.17) is 9.68 Å². The summed E-state index contributed by atoms with van der Waals surface area (Å²) >= 11 is 0. The van der Waals surface area contributed by atoms with Crippen LogP contribution in [0.15, 0.2) is 59.3 Å². The standard InChI is InChI=1S/C20H21N5O2/c21-9-5-12-25-15-17(19(24-25)16-6-2-1-3-7-16)14-22-10-11-23-20(26)18-8-4-13-27-18/h1-4,6-8,13,15,22H,5,10-12,14H2,(H,23,26). The van der Waals surface area contributed by atoms with Gasteiger partial charge in [-0.15, -0.1) is 0 Å². The van der Waals surface area contributed by atoms with Gasteiger partial charge in [-0.25, -0.2) is 0 Å². The van der Waals surface area contributed by atoms with Crippen molar-refractivity contribution in [3.8, 4) is 17.3 Å². The number of aryl methyl sites for hydroxylation is 1. The molecule has 1 aromatic carbocycles. The summed E-state index contributed by atoms with van der Waals surface area (Å²) < 4.78 is 6.86. The third-order valence-electron chi connectivity index (χ3n) is 3.99. The number of amides is 1. The first-order valence-electron chi connectivity index (χ1n) is 8.79. The Morgan fingerprint density at radius 1 is 1.19 bits per heavy atom. The van der Waals surface area contributed by atoms with Gasteiger partial charge in [0.25, 0.3) is 5.91 Å². The van der Waals surface area contributed by atoms with Crippen molar-refractivity contribution in [2.24, 2.45) is 0 Å². The number of hydrogen-bond donors (Lipinski definition) is 2. The lowest BCUT2D eigenvalue weighted by atomic mass is 10.1. The maximum absolute atomic E-state index is 11.8. The molecule has 7 heteroatoms. The van der Waals surface area contributed by atoms with Crippen molar-refractivity contribution in [2.45, 2.75) is 19.5 Å². The molecule has 0 aliphatic heterocycles. The number of nitriles is 1. The van der Waals surface area contributed by atoms with E-state index in [1.54, 1.807) is 16.8 Å². The molecule has 7 nitrogen and oxygen atoms in total. The molecular weight excluding hydrogens is 342 g/mol. The zero-order chi connectivity index (χ0) is 18.9. The van der Waals surface area contributed by atoms with Crippen molar-refractivity contribution < 1.29 is 9.21 Å². The normalized spacial score (nSPS) is 10.5. The fraction of sp³-hybridized carbons (Fsp3) is 0.250. The minimum absolute atomic E-state index is 0.226. The van der Waals surface area contributed by atoms with Crippen molar-refractivity contribution in [1.82, 2.24) is 20.4 Å². The summed E-state index contributed by atoms with van der Waals surface area (Å²) in [6.45, 7) is 2.29. The first kappa shape index (κ1) is 18.4. The molecule has 0 saturated heterocycles. The van der Waals surface area contributed by atoms with E-state index >= 15 is 0 Å². The number of rotatable bonds is 9. The number of nitrogens with one attached hydrogen (secondary N) is 2. The molecule has 0 aliphatic rings. The van der Waals surface area contributed by atoms with Crippen molar-refractivity contribution in [2.75, 3.05) is 13.1 Å². The molecule has 0 aliphatic carbocycles. The number of nitrogens with zero attached hydrogens (tertiary/aromatic N) is 3. The molecule has 0 unspecified atom stereocenters. The van der Waals surface area contributed by atoms with E-state index in [0.29, 0.717) is 38.4 Å². The second kappa shape index (κ2) is 9.36. The third-order valence-corrected chi connectivity index (χ3v) is 3.99. The molecule has 0 radical (unpaired) electrons. The molecule has 0 spiro atoms. The average Bonchev–Trinajstić information content (AvgIpc) is 3.37. The number of carbonyl (C=O) groups excluding carboxylic acids is 1. The van der Waals surface area contributed by atoms with Crippen LogP contribution >= 0.6 is 0 Å². The van der Waals surface area contributed by atoms with Crippen LogP contribution in [0.5, 0.6) is 0 Å². The van der Waals surface area contributed by atoms with Crippen LogP contribution in [0.4, 0.5) is 0 Å². The largest absolute Gasteiger partial charge is 0.459 e. The van der Waals surface area contributed by atoms with Crippen LogP contribution in [-0.2, 0) is 13.1 Å². The van der Waals surface area contributed by atoms with Crippen LogP contribution in [0, 0.1) is 11.3 Å². The summed E-state index contributed by atoms with van der Waals surface area (Å²) in [5.74, 6) is 0.0798. The van der Waals surface area contributed by atoms with Gasteiger partial charge in [0.15, 0.2) is 5.76 Å². The Bertz CT molecular complexity index is 894. The quantitative estimate of drug-likeness (QED) is 0.570. The van der Waals surface area contributed by atoms with Gasteiger partial charge in [0.1, 0.15) is 0 Å². The summed E-state index contributed by atoms with van der Waals surface area (Å²) in [4.78, 5) is 11.8. The zero-order valence-corrected chi connectivity index (χ0v) is 14.9. The maximum atomic E-state index is 11.8. The number of benzene rings is 1. The molecule has 2 heterocycles.